The van der Waals surface area contributed by atoms with Gasteiger partial charge in [-0.1, -0.05) is 0 Å². The summed E-state index contributed by atoms with van der Waals surface area (Å²) in [6.07, 6.45) is 4.55. The van der Waals surface area contributed by atoms with Gasteiger partial charge in [0, 0.05) is 0 Å². The number of carboxylic acid groups (broad SMARTS) is 1. The topological polar surface area (TPSA) is 63.6 Å². The molecule has 1 N–H and O–H groups in total. The lowest BCUT2D eigenvalue weighted by atomic mass is 9.77. The van der Waals surface area contributed by atoms with Gasteiger partial charge in [-0.05, 0) is 42.9 Å². The Morgan fingerprint density at radius 3 is 2.19 bits per heavy atom. The predicted octanol–water partition coefficient (Wildman–Crippen LogP) is 1.83. The van der Waals surface area contributed by atoms with E-state index in [4.69, 9.17) is 5.11 Å². The first-order valence-electron chi connectivity index (χ1n) is 5.83. The van der Waals surface area contributed by atoms with E-state index >= 15 is 0 Å². The van der Waals surface area contributed by atoms with Crippen LogP contribution in [-0.4, -0.2) is 24.2 Å². The summed E-state index contributed by atoms with van der Waals surface area (Å²) in [5.74, 6) is 0.237. The van der Waals surface area contributed by atoms with Crippen LogP contribution in [0.4, 0.5) is 0 Å². The highest BCUT2D eigenvalue weighted by atomic mass is 16.5. The quantitative estimate of drug-likeness (QED) is 0.743. The van der Waals surface area contributed by atoms with Gasteiger partial charge in [-0.3, -0.25) is 9.59 Å². The van der Waals surface area contributed by atoms with Crippen LogP contribution in [0.5, 0.6) is 0 Å². The molecule has 0 aromatic rings. The minimum atomic E-state index is -0.801. The highest BCUT2D eigenvalue weighted by Gasteiger charge is 2.50. The van der Waals surface area contributed by atoms with Crippen molar-refractivity contribution in [2.75, 3.05) is 7.11 Å². The van der Waals surface area contributed by atoms with Crippen LogP contribution in [0.3, 0.4) is 0 Å². The third-order valence-electron chi connectivity index (χ3n) is 4.24. The molecule has 0 spiro atoms. The summed E-state index contributed by atoms with van der Waals surface area (Å²) < 4.78 is 4.68. The van der Waals surface area contributed by atoms with Crippen molar-refractivity contribution in [3.05, 3.63) is 0 Å². The summed E-state index contributed by atoms with van der Waals surface area (Å²) in [5.41, 5.74) is -0.329. The number of carboxylic acids is 1. The second-order valence-electron chi connectivity index (χ2n) is 5.33. The Morgan fingerprint density at radius 2 is 1.81 bits per heavy atom. The average Bonchev–Trinajstić information content (AvgIpc) is 2.41. The molecule has 0 bridgehead atoms. The van der Waals surface area contributed by atoms with Gasteiger partial charge >= 0.3 is 11.9 Å². The van der Waals surface area contributed by atoms with E-state index < -0.39 is 5.97 Å². The van der Waals surface area contributed by atoms with Crippen molar-refractivity contribution in [2.24, 2.45) is 17.3 Å². The van der Waals surface area contributed by atoms with E-state index in [1.54, 1.807) is 0 Å². The second kappa shape index (κ2) is 4.07. The van der Waals surface area contributed by atoms with Crippen LogP contribution in [0.25, 0.3) is 0 Å². The van der Waals surface area contributed by atoms with Gasteiger partial charge in [0.2, 0.25) is 0 Å². The molecule has 4 heteroatoms. The number of hydrogen-bond acceptors (Lipinski definition) is 3. The fourth-order valence-corrected chi connectivity index (χ4v) is 3.42. The molecule has 0 heterocycles. The number of ether oxygens (including phenoxy) is 1. The van der Waals surface area contributed by atoms with E-state index in [1.165, 1.54) is 20.0 Å². The molecule has 0 saturated heterocycles. The molecule has 0 amide bonds. The Kier molecular flexibility index (Phi) is 2.91. The van der Waals surface area contributed by atoms with Crippen LogP contribution in [0, 0.1) is 17.3 Å². The van der Waals surface area contributed by atoms with E-state index in [2.05, 4.69) is 4.74 Å². The number of esters is 1. The van der Waals surface area contributed by atoms with Crippen LogP contribution in [0.2, 0.25) is 0 Å². The predicted molar refractivity (Wildman–Crippen MR) is 56.8 cm³/mol. The maximum absolute atomic E-state index is 11.4. The molecule has 0 aromatic carbocycles. The number of carbonyl (C=O) groups is 2. The largest absolute Gasteiger partial charge is 0.481 e. The standard InChI is InChI=1S/C12H18O4/c1-16-11(15)7-12(6-10(13)14)4-8-2-3-9(8)5-12/h8-9H,2-7H2,1H3,(H,13,14). The van der Waals surface area contributed by atoms with Gasteiger partial charge in [-0.2, -0.15) is 0 Å². The Labute approximate surface area is 95.0 Å². The lowest BCUT2D eigenvalue weighted by Gasteiger charge is -2.29. The van der Waals surface area contributed by atoms with Crippen LogP contribution >= 0.6 is 0 Å². The molecule has 2 unspecified atom stereocenters. The zero-order chi connectivity index (χ0) is 11.8. The SMILES string of the molecule is COC(=O)CC1(CC(=O)O)CC2CCC2C1. The summed E-state index contributed by atoms with van der Waals surface area (Å²) in [4.78, 5) is 22.3. The van der Waals surface area contributed by atoms with E-state index in [0.717, 1.165) is 12.8 Å². The lowest BCUT2D eigenvalue weighted by Crippen LogP contribution is -2.25. The fourth-order valence-electron chi connectivity index (χ4n) is 3.42. The van der Waals surface area contributed by atoms with Gasteiger partial charge in [-0.25, -0.2) is 0 Å². The molecular weight excluding hydrogens is 208 g/mol. The first-order valence-corrected chi connectivity index (χ1v) is 5.83. The molecule has 2 rings (SSSR count). The molecule has 0 aromatic heterocycles. The van der Waals surface area contributed by atoms with Crippen molar-refractivity contribution in [2.45, 2.75) is 38.5 Å². The van der Waals surface area contributed by atoms with Crippen LogP contribution in [0.15, 0.2) is 0 Å². The zero-order valence-electron chi connectivity index (χ0n) is 9.57. The average molecular weight is 226 g/mol. The first kappa shape index (κ1) is 11.4. The minimum Gasteiger partial charge on any atom is -0.481 e. The van der Waals surface area contributed by atoms with Gasteiger partial charge in [0.25, 0.3) is 0 Å². The third kappa shape index (κ3) is 2.06. The molecule has 0 radical (unpaired) electrons. The molecule has 2 aliphatic carbocycles. The number of methoxy groups -OCH3 is 1. The van der Waals surface area contributed by atoms with Crippen molar-refractivity contribution in [3.8, 4) is 0 Å². The molecule has 90 valence electrons. The molecule has 0 aliphatic heterocycles. The Hall–Kier alpha value is -1.06. The summed E-state index contributed by atoms with van der Waals surface area (Å²) in [5, 5.41) is 8.97. The van der Waals surface area contributed by atoms with E-state index in [9.17, 15) is 9.59 Å². The normalized spacial score (nSPS) is 36.3. The summed E-state index contributed by atoms with van der Waals surface area (Å²) in [6.45, 7) is 0. The number of rotatable bonds is 4. The third-order valence-corrected chi connectivity index (χ3v) is 4.24. The van der Waals surface area contributed by atoms with Gasteiger partial charge in [-0.15, -0.1) is 0 Å². The van der Waals surface area contributed by atoms with Gasteiger partial charge in [0.1, 0.15) is 0 Å². The minimum absolute atomic E-state index is 0.106. The van der Waals surface area contributed by atoms with Crippen molar-refractivity contribution < 1.29 is 19.4 Å². The maximum atomic E-state index is 11.4. The van der Waals surface area contributed by atoms with Crippen molar-refractivity contribution in [1.29, 1.82) is 0 Å². The molecular formula is C12H18O4. The number of hydrogen-bond donors (Lipinski definition) is 1. The molecule has 2 aliphatic rings. The fraction of sp³-hybridized carbons (Fsp3) is 0.833. The summed E-state index contributed by atoms with van der Waals surface area (Å²) >= 11 is 0. The molecule has 16 heavy (non-hydrogen) atoms. The Bertz CT molecular complexity index is 298. The zero-order valence-corrected chi connectivity index (χ0v) is 9.57. The number of fused-ring (bicyclic) bond motifs is 1. The van der Waals surface area contributed by atoms with Gasteiger partial charge in [0.15, 0.2) is 0 Å². The van der Waals surface area contributed by atoms with Crippen molar-refractivity contribution in [1.82, 2.24) is 0 Å². The van der Waals surface area contributed by atoms with E-state index in [-0.39, 0.29) is 24.2 Å². The maximum Gasteiger partial charge on any atom is 0.306 e. The lowest BCUT2D eigenvalue weighted by molar-refractivity contribution is -0.146. The molecule has 2 saturated carbocycles. The number of carbonyl (C=O) groups excluding carboxylic acids is 1. The van der Waals surface area contributed by atoms with Crippen molar-refractivity contribution in [3.63, 3.8) is 0 Å². The first-order chi connectivity index (χ1) is 7.54. The smallest absolute Gasteiger partial charge is 0.306 e. The van der Waals surface area contributed by atoms with Gasteiger partial charge < -0.3 is 9.84 Å². The second-order valence-corrected chi connectivity index (χ2v) is 5.33. The van der Waals surface area contributed by atoms with Crippen LogP contribution < -0.4 is 0 Å². The highest BCUT2D eigenvalue weighted by Crippen LogP contribution is 2.58. The van der Waals surface area contributed by atoms with Crippen molar-refractivity contribution >= 4 is 11.9 Å². The summed E-state index contributed by atoms with van der Waals surface area (Å²) in [6, 6.07) is 0. The highest BCUT2D eigenvalue weighted by molar-refractivity contribution is 5.73. The molecule has 4 nitrogen and oxygen atoms in total. The Morgan fingerprint density at radius 1 is 1.25 bits per heavy atom. The molecule has 2 fully saturated rings. The van der Waals surface area contributed by atoms with Crippen LogP contribution in [-0.2, 0) is 14.3 Å². The summed E-state index contributed by atoms with van der Waals surface area (Å²) in [7, 11) is 1.36. The van der Waals surface area contributed by atoms with E-state index in [0.29, 0.717) is 11.8 Å². The van der Waals surface area contributed by atoms with Crippen LogP contribution in [0.1, 0.15) is 38.5 Å². The van der Waals surface area contributed by atoms with Gasteiger partial charge in [0.05, 0.1) is 20.0 Å². The monoisotopic (exact) mass is 226 g/mol. The number of aliphatic carboxylic acids is 1. The molecule has 2 atom stereocenters. The Balaban J connectivity index is 2.06. The van der Waals surface area contributed by atoms with E-state index in [1.807, 2.05) is 0 Å².